The number of benzene rings is 2. The predicted octanol–water partition coefficient (Wildman–Crippen LogP) is 4.14. The summed E-state index contributed by atoms with van der Waals surface area (Å²) in [6.07, 6.45) is -0.597. The largest absolute Gasteiger partial charge is 0.489 e. The maximum atomic E-state index is 11.6. The minimum absolute atomic E-state index is 0.148. The SMILES string of the molecule is CC(CNC(=O)OCc1ccccc1)Oc1ccc(Br)cc1. The topological polar surface area (TPSA) is 47.6 Å². The lowest BCUT2D eigenvalue weighted by Gasteiger charge is -2.15. The van der Waals surface area contributed by atoms with Crippen LogP contribution in [-0.4, -0.2) is 18.7 Å². The van der Waals surface area contributed by atoms with Gasteiger partial charge in [0.25, 0.3) is 0 Å². The molecule has 1 atom stereocenters. The van der Waals surface area contributed by atoms with Gasteiger partial charge in [0.2, 0.25) is 0 Å². The van der Waals surface area contributed by atoms with E-state index in [0.717, 1.165) is 15.8 Å². The Bertz CT molecular complexity index is 587. The van der Waals surface area contributed by atoms with Gasteiger partial charge in [-0.3, -0.25) is 0 Å². The highest BCUT2D eigenvalue weighted by Gasteiger charge is 2.08. The molecule has 0 fully saturated rings. The van der Waals surface area contributed by atoms with Crippen LogP contribution in [-0.2, 0) is 11.3 Å². The van der Waals surface area contributed by atoms with Crippen LogP contribution in [0, 0.1) is 0 Å². The minimum atomic E-state index is -0.449. The fraction of sp³-hybridized carbons (Fsp3) is 0.235. The zero-order chi connectivity index (χ0) is 15.8. The van der Waals surface area contributed by atoms with Crippen molar-refractivity contribution in [2.75, 3.05) is 6.54 Å². The molecule has 0 spiro atoms. The van der Waals surface area contributed by atoms with Gasteiger partial charge in [-0.05, 0) is 36.8 Å². The van der Waals surface area contributed by atoms with Crippen molar-refractivity contribution < 1.29 is 14.3 Å². The van der Waals surface area contributed by atoms with Crippen LogP contribution >= 0.6 is 15.9 Å². The van der Waals surface area contributed by atoms with Gasteiger partial charge in [0.15, 0.2) is 0 Å². The Hall–Kier alpha value is -2.01. The van der Waals surface area contributed by atoms with Gasteiger partial charge in [0, 0.05) is 4.47 Å². The Morgan fingerprint density at radius 2 is 1.82 bits per heavy atom. The molecule has 0 aliphatic carbocycles. The van der Waals surface area contributed by atoms with E-state index in [2.05, 4.69) is 21.2 Å². The van der Waals surface area contributed by atoms with E-state index >= 15 is 0 Å². The summed E-state index contributed by atoms with van der Waals surface area (Å²) in [6, 6.07) is 17.1. The summed E-state index contributed by atoms with van der Waals surface area (Å²) in [5.41, 5.74) is 0.955. The molecule has 1 amide bonds. The van der Waals surface area contributed by atoms with Crippen molar-refractivity contribution in [3.8, 4) is 5.75 Å². The summed E-state index contributed by atoms with van der Waals surface area (Å²) in [7, 11) is 0. The maximum absolute atomic E-state index is 11.6. The molecule has 0 saturated heterocycles. The summed E-state index contributed by atoms with van der Waals surface area (Å²) in [5.74, 6) is 0.759. The highest BCUT2D eigenvalue weighted by molar-refractivity contribution is 9.10. The van der Waals surface area contributed by atoms with Crippen molar-refractivity contribution in [1.29, 1.82) is 0 Å². The first-order chi connectivity index (χ1) is 10.6. The zero-order valence-electron chi connectivity index (χ0n) is 12.3. The number of carbonyl (C=O) groups excluding carboxylic acids is 1. The van der Waals surface area contributed by atoms with Crippen LogP contribution < -0.4 is 10.1 Å². The van der Waals surface area contributed by atoms with Crippen molar-refractivity contribution in [2.24, 2.45) is 0 Å². The van der Waals surface area contributed by atoms with E-state index in [1.165, 1.54) is 0 Å². The first kappa shape index (κ1) is 16.4. The summed E-state index contributed by atoms with van der Waals surface area (Å²) in [5, 5.41) is 2.69. The van der Waals surface area contributed by atoms with Gasteiger partial charge < -0.3 is 14.8 Å². The second-order valence-corrected chi connectivity index (χ2v) is 5.74. The van der Waals surface area contributed by atoms with E-state index in [0.29, 0.717) is 6.54 Å². The van der Waals surface area contributed by atoms with Gasteiger partial charge in [-0.2, -0.15) is 0 Å². The first-order valence-electron chi connectivity index (χ1n) is 7.00. The summed E-state index contributed by atoms with van der Waals surface area (Å²) in [6.45, 7) is 2.53. The molecule has 0 saturated carbocycles. The number of rotatable bonds is 6. The lowest BCUT2D eigenvalue weighted by Crippen LogP contribution is -2.33. The Balaban J connectivity index is 1.68. The van der Waals surface area contributed by atoms with Crippen LogP contribution in [0.4, 0.5) is 4.79 Å². The summed E-state index contributed by atoms with van der Waals surface area (Å²) in [4.78, 5) is 11.6. The van der Waals surface area contributed by atoms with Gasteiger partial charge >= 0.3 is 6.09 Å². The molecule has 0 aliphatic rings. The molecular formula is C17H18BrNO3. The Morgan fingerprint density at radius 3 is 2.50 bits per heavy atom. The van der Waals surface area contributed by atoms with Crippen molar-refractivity contribution in [2.45, 2.75) is 19.6 Å². The van der Waals surface area contributed by atoms with Gasteiger partial charge in [-0.1, -0.05) is 46.3 Å². The highest BCUT2D eigenvalue weighted by Crippen LogP contribution is 2.17. The van der Waals surface area contributed by atoms with E-state index in [1.54, 1.807) is 0 Å². The molecule has 0 heterocycles. The van der Waals surface area contributed by atoms with Crippen LogP contribution in [0.1, 0.15) is 12.5 Å². The third-order valence-corrected chi connectivity index (χ3v) is 3.43. The number of halogens is 1. The number of nitrogens with one attached hydrogen (secondary N) is 1. The third-order valence-electron chi connectivity index (χ3n) is 2.90. The molecule has 2 aromatic rings. The molecule has 2 aromatic carbocycles. The Morgan fingerprint density at radius 1 is 1.14 bits per heavy atom. The van der Waals surface area contributed by atoms with Crippen molar-refractivity contribution >= 4 is 22.0 Å². The number of ether oxygens (including phenoxy) is 2. The number of hydrogen-bond acceptors (Lipinski definition) is 3. The molecule has 0 radical (unpaired) electrons. The standard InChI is InChI=1S/C17H18BrNO3/c1-13(22-16-9-7-15(18)8-10-16)11-19-17(20)21-12-14-5-3-2-4-6-14/h2-10,13H,11-12H2,1H3,(H,19,20). The molecular weight excluding hydrogens is 346 g/mol. The Labute approximate surface area is 138 Å². The van der Waals surface area contributed by atoms with Gasteiger partial charge in [0.05, 0.1) is 6.54 Å². The fourth-order valence-corrected chi connectivity index (χ4v) is 2.05. The lowest BCUT2D eigenvalue weighted by atomic mass is 10.2. The van der Waals surface area contributed by atoms with E-state index < -0.39 is 6.09 Å². The number of carbonyl (C=O) groups is 1. The molecule has 116 valence electrons. The van der Waals surface area contributed by atoms with Crippen LogP contribution in [0.15, 0.2) is 59.1 Å². The molecule has 5 heteroatoms. The maximum Gasteiger partial charge on any atom is 0.407 e. The van der Waals surface area contributed by atoms with Crippen molar-refractivity contribution in [3.63, 3.8) is 0 Å². The Kier molecular flexibility index (Phi) is 6.27. The van der Waals surface area contributed by atoms with E-state index in [4.69, 9.17) is 9.47 Å². The average Bonchev–Trinajstić information content (AvgIpc) is 2.54. The number of amides is 1. The smallest absolute Gasteiger partial charge is 0.407 e. The monoisotopic (exact) mass is 363 g/mol. The quantitative estimate of drug-likeness (QED) is 0.838. The molecule has 1 N–H and O–H groups in total. The van der Waals surface area contributed by atoms with E-state index in [1.807, 2.05) is 61.5 Å². The minimum Gasteiger partial charge on any atom is -0.489 e. The average molecular weight is 364 g/mol. The van der Waals surface area contributed by atoms with Crippen LogP contribution in [0.2, 0.25) is 0 Å². The fourth-order valence-electron chi connectivity index (χ4n) is 1.79. The molecule has 0 bridgehead atoms. The van der Waals surface area contributed by atoms with Crippen LogP contribution in [0.25, 0.3) is 0 Å². The van der Waals surface area contributed by atoms with Crippen molar-refractivity contribution in [3.05, 3.63) is 64.6 Å². The predicted molar refractivity (Wildman–Crippen MR) is 88.9 cm³/mol. The third kappa shape index (κ3) is 5.77. The van der Waals surface area contributed by atoms with Crippen molar-refractivity contribution in [1.82, 2.24) is 5.32 Å². The number of alkyl carbamates (subject to hydrolysis) is 1. The lowest BCUT2D eigenvalue weighted by molar-refractivity contribution is 0.132. The van der Waals surface area contributed by atoms with Gasteiger partial charge in [-0.25, -0.2) is 4.79 Å². The van der Waals surface area contributed by atoms with Gasteiger partial charge in [-0.15, -0.1) is 0 Å². The molecule has 0 aliphatic heterocycles. The van der Waals surface area contributed by atoms with Gasteiger partial charge in [0.1, 0.15) is 18.5 Å². The molecule has 4 nitrogen and oxygen atoms in total. The highest BCUT2D eigenvalue weighted by atomic mass is 79.9. The normalized spacial score (nSPS) is 11.5. The summed E-state index contributed by atoms with van der Waals surface area (Å²) >= 11 is 3.37. The summed E-state index contributed by atoms with van der Waals surface area (Å²) < 4.78 is 11.8. The molecule has 1 unspecified atom stereocenters. The van der Waals surface area contributed by atoms with Crippen LogP contribution in [0.3, 0.4) is 0 Å². The number of hydrogen-bond donors (Lipinski definition) is 1. The van der Waals surface area contributed by atoms with Crippen LogP contribution in [0.5, 0.6) is 5.75 Å². The molecule has 22 heavy (non-hydrogen) atoms. The molecule has 0 aromatic heterocycles. The molecule has 2 rings (SSSR count). The zero-order valence-corrected chi connectivity index (χ0v) is 13.9. The van der Waals surface area contributed by atoms with E-state index in [-0.39, 0.29) is 12.7 Å². The first-order valence-corrected chi connectivity index (χ1v) is 7.79. The second kappa shape index (κ2) is 8.44. The second-order valence-electron chi connectivity index (χ2n) is 4.83. The van der Waals surface area contributed by atoms with E-state index in [9.17, 15) is 4.79 Å².